The second-order valence-electron chi connectivity index (χ2n) is 17.7. The zero-order chi connectivity index (χ0) is 42.5. The Bertz CT molecular complexity index is 3280. The van der Waals surface area contributed by atoms with Crippen molar-refractivity contribution in [3.63, 3.8) is 0 Å². The summed E-state index contributed by atoms with van der Waals surface area (Å²) in [6, 6.07) is 86.4. The van der Waals surface area contributed by atoms with Crippen LogP contribution in [0, 0.1) is 0 Å². The SMILES string of the molecule is c1ccc(C2(c3ccccc3)c3ccccc3-c3cccc(N(c4ccccc4-c4ccc(-c5cccc6ccccc56)c5ccccc45)c4ccccc4C4CCCCC4)c32)cc1. The molecule has 2 aliphatic rings. The van der Waals surface area contributed by atoms with Crippen molar-refractivity contribution in [2.24, 2.45) is 0 Å². The van der Waals surface area contributed by atoms with E-state index in [1.165, 1.54) is 132 Å². The van der Waals surface area contributed by atoms with E-state index in [9.17, 15) is 0 Å². The van der Waals surface area contributed by atoms with Crippen LogP contribution in [-0.2, 0) is 5.41 Å². The minimum absolute atomic E-state index is 0.488. The van der Waals surface area contributed by atoms with Gasteiger partial charge in [-0.3, -0.25) is 0 Å². The van der Waals surface area contributed by atoms with E-state index in [-0.39, 0.29) is 0 Å². The number of rotatable bonds is 8. The predicted octanol–water partition coefficient (Wildman–Crippen LogP) is 17.2. The molecule has 1 saturated carbocycles. The van der Waals surface area contributed by atoms with Gasteiger partial charge in [0.1, 0.15) is 0 Å². The summed E-state index contributed by atoms with van der Waals surface area (Å²) in [4.78, 5) is 2.66. The molecule has 10 aromatic rings. The molecule has 1 heteroatoms. The number of nitrogens with zero attached hydrogens (tertiary/aromatic N) is 1. The second-order valence-corrected chi connectivity index (χ2v) is 17.7. The Hall–Kier alpha value is -7.48. The van der Waals surface area contributed by atoms with Crippen molar-refractivity contribution < 1.29 is 0 Å². The maximum atomic E-state index is 2.66. The third-order valence-electron chi connectivity index (χ3n) is 14.4. The van der Waals surface area contributed by atoms with E-state index in [0.717, 1.165) is 0 Å². The molecular weight excluding hydrogens is 771 g/mol. The third-order valence-corrected chi connectivity index (χ3v) is 14.4. The maximum absolute atomic E-state index is 2.66. The normalized spacial score (nSPS) is 14.3. The van der Waals surface area contributed by atoms with Gasteiger partial charge >= 0.3 is 0 Å². The highest BCUT2D eigenvalue weighted by Gasteiger charge is 2.48. The van der Waals surface area contributed by atoms with Crippen LogP contribution in [0.4, 0.5) is 17.1 Å². The fourth-order valence-electron chi connectivity index (χ4n) is 11.6. The number of benzene rings is 10. The standard InChI is InChI=1S/C63H49N/c1-4-22-45(23-5-1)49-31-15-18-39-59(49)64(61-41-21-37-57-55-34-14-17-38-58(55)63(62(57)61,46-26-6-2-7-27-46)47-28-8-3-9-29-47)60-40-19-16-35-56(60)54-43-42-53(51-32-12-13-33-52(51)54)50-36-20-25-44-24-10-11-30-48(44)50/h2-3,6-21,24-43,45H,1,4-5,22-23H2. The molecule has 1 nitrogen and oxygen atoms in total. The van der Waals surface area contributed by atoms with Gasteiger partial charge in [-0.05, 0) is 109 Å². The quantitative estimate of drug-likeness (QED) is 0.148. The molecule has 64 heavy (non-hydrogen) atoms. The zero-order valence-electron chi connectivity index (χ0n) is 36.0. The van der Waals surface area contributed by atoms with Crippen LogP contribution in [0.25, 0.3) is 54.9 Å². The van der Waals surface area contributed by atoms with Crippen molar-refractivity contribution in [2.45, 2.75) is 43.4 Å². The Morgan fingerprint density at radius 2 is 0.812 bits per heavy atom. The van der Waals surface area contributed by atoms with Gasteiger partial charge in [0.25, 0.3) is 0 Å². The van der Waals surface area contributed by atoms with Crippen molar-refractivity contribution in [1.29, 1.82) is 0 Å². The third kappa shape index (κ3) is 6.06. The molecule has 0 unspecified atom stereocenters. The lowest BCUT2D eigenvalue weighted by atomic mass is 9.67. The molecule has 12 rings (SSSR count). The summed E-state index contributed by atoms with van der Waals surface area (Å²) in [6.45, 7) is 0. The summed E-state index contributed by atoms with van der Waals surface area (Å²) < 4.78 is 0. The number of anilines is 3. The van der Waals surface area contributed by atoms with Gasteiger partial charge < -0.3 is 4.90 Å². The van der Waals surface area contributed by atoms with Gasteiger partial charge in [0, 0.05) is 16.8 Å². The van der Waals surface area contributed by atoms with Gasteiger partial charge in [0.05, 0.1) is 16.8 Å². The van der Waals surface area contributed by atoms with E-state index in [2.05, 4.69) is 235 Å². The van der Waals surface area contributed by atoms with E-state index < -0.39 is 5.41 Å². The number of fused-ring (bicyclic) bond motifs is 5. The van der Waals surface area contributed by atoms with E-state index in [4.69, 9.17) is 0 Å². The second kappa shape index (κ2) is 16.0. The Kier molecular flexibility index (Phi) is 9.56. The molecule has 0 atom stereocenters. The Labute approximate surface area is 376 Å². The van der Waals surface area contributed by atoms with E-state index >= 15 is 0 Å². The minimum Gasteiger partial charge on any atom is -0.309 e. The van der Waals surface area contributed by atoms with E-state index in [1.807, 2.05) is 0 Å². The van der Waals surface area contributed by atoms with Gasteiger partial charge in [0.15, 0.2) is 0 Å². The van der Waals surface area contributed by atoms with Gasteiger partial charge in [0.2, 0.25) is 0 Å². The van der Waals surface area contributed by atoms with Crippen LogP contribution in [-0.4, -0.2) is 0 Å². The summed E-state index contributed by atoms with van der Waals surface area (Å²) in [5.74, 6) is 0.488. The van der Waals surface area contributed by atoms with E-state index in [1.54, 1.807) is 0 Å². The summed E-state index contributed by atoms with van der Waals surface area (Å²) in [5.41, 5.74) is 17.2. The van der Waals surface area contributed by atoms with E-state index in [0.29, 0.717) is 5.92 Å². The fraction of sp³-hybridized carbons (Fsp3) is 0.111. The van der Waals surface area contributed by atoms with Gasteiger partial charge in [-0.1, -0.05) is 232 Å². The molecule has 0 aromatic heterocycles. The molecule has 0 amide bonds. The van der Waals surface area contributed by atoms with Crippen LogP contribution in [0.1, 0.15) is 65.8 Å². The molecule has 0 heterocycles. The largest absolute Gasteiger partial charge is 0.309 e. The molecule has 0 N–H and O–H groups in total. The summed E-state index contributed by atoms with van der Waals surface area (Å²) in [6.07, 6.45) is 6.28. The maximum Gasteiger partial charge on any atom is 0.0734 e. The van der Waals surface area contributed by atoms with Crippen LogP contribution in [0.5, 0.6) is 0 Å². The summed E-state index contributed by atoms with van der Waals surface area (Å²) in [7, 11) is 0. The van der Waals surface area contributed by atoms with Crippen LogP contribution < -0.4 is 4.90 Å². The van der Waals surface area contributed by atoms with Gasteiger partial charge in [-0.15, -0.1) is 0 Å². The summed E-state index contributed by atoms with van der Waals surface area (Å²) >= 11 is 0. The Balaban J connectivity index is 1.16. The molecule has 306 valence electrons. The Morgan fingerprint density at radius 3 is 1.55 bits per heavy atom. The van der Waals surface area contributed by atoms with Crippen molar-refractivity contribution in [1.82, 2.24) is 0 Å². The molecule has 0 radical (unpaired) electrons. The molecule has 2 aliphatic carbocycles. The molecule has 1 fully saturated rings. The lowest BCUT2D eigenvalue weighted by molar-refractivity contribution is 0.444. The Morgan fingerprint density at radius 1 is 0.328 bits per heavy atom. The molecule has 0 spiro atoms. The smallest absolute Gasteiger partial charge is 0.0734 e. The van der Waals surface area contributed by atoms with Crippen molar-refractivity contribution >= 4 is 38.6 Å². The highest BCUT2D eigenvalue weighted by Crippen LogP contribution is 2.61. The molecular formula is C63H49N. The first-order chi connectivity index (χ1) is 31.8. The van der Waals surface area contributed by atoms with Crippen LogP contribution in [0.3, 0.4) is 0 Å². The number of hydrogen-bond acceptors (Lipinski definition) is 1. The highest BCUT2D eigenvalue weighted by molar-refractivity contribution is 6.11. The number of para-hydroxylation sites is 2. The average Bonchev–Trinajstić information content (AvgIpc) is 3.69. The van der Waals surface area contributed by atoms with Crippen LogP contribution in [0.15, 0.2) is 231 Å². The lowest BCUT2D eigenvalue weighted by Gasteiger charge is -2.39. The molecule has 0 aliphatic heterocycles. The fourth-order valence-corrected chi connectivity index (χ4v) is 11.6. The highest BCUT2D eigenvalue weighted by atomic mass is 15.2. The lowest BCUT2D eigenvalue weighted by Crippen LogP contribution is -2.30. The molecule has 0 bridgehead atoms. The first-order valence-electron chi connectivity index (χ1n) is 23.1. The topological polar surface area (TPSA) is 3.24 Å². The van der Waals surface area contributed by atoms with Crippen molar-refractivity contribution in [3.05, 3.63) is 258 Å². The molecule has 0 saturated heterocycles. The zero-order valence-corrected chi connectivity index (χ0v) is 36.0. The van der Waals surface area contributed by atoms with Crippen LogP contribution >= 0.6 is 0 Å². The minimum atomic E-state index is -0.579. The van der Waals surface area contributed by atoms with Crippen LogP contribution in [0.2, 0.25) is 0 Å². The van der Waals surface area contributed by atoms with Gasteiger partial charge in [-0.2, -0.15) is 0 Å². The number of hydrogen-bond donors (Lipinski definition) is 0. The van der Waals surface area contributed by atoms with Crippen molar-refractivity contribution in [3.8, 4) is 33.4 Å². The summed E-state index contributed by atoms with van der Waals surface area (Å²) in [5, 5.41) is 5.02. The first kappa shape index (κ1) is 38.2. The molecule has 10 aromatic carbocycles. The van der Waals surface area contributed by atoms with Gasteiger partial charge in [-0.25, -0.2) is 0 Å². The van der Waals surface area contributed by atoms with Crippen molar-refractivity contribution in [2.75, 3.05) is 4.90 Å². The average molecular weight is 820 g/mol. The first-order valence-corrected chi connectivity index (χ1v) is 23.1. The monoisotopic (exact) mass is 819 g/mol. The predicted molar refractivity (Wildman–Crippen MR) is 270 cm³/mol.